The smallest absolute Gasteiger partial charge is 0.224 e. The molecule has 0 saturated heterocycles. The Hall–Kier alpha value is -1.10. The highest BCUT2D eigenvalue weighted by atomic mass is 35.5. The molecule has 1 unspecified atom stereocenters. The van der Waals surface area contributed by atoms with Gasteiger partial charge in [-0.15, -0.1) is 12.4 Å². The lowest BCUT2D eigenvalue weighted by Crippen LogP contribution is -2.19. The summed E-state index contributed by atoms with van der Waals surface area (Å²) in [4.78, 5) is 11.7. The van der Waals surface area contributed by atoms with Crippen molar-refractivity contribution in [1.29, 1.82) is 0 Å². The second kappa shape index (κ2) is 8.91. The van der Waals surface area contributed by atoms with Gasteiger partial charge in [-0.1, -0.05) is 18.2 Å². The van der Waals surface area contributed by atoms with Crippen LogP contribution in [0.15, 0.2) is 24.3 Å². The number of amides is 1. The summed E-state index contributed by atoms with van der Waals surface area (Å²) >= 11 is 0. The van der Waals surface area contributed by atoms with Crippen LogP contribution in [-0.2, 0) is 16.1 Å². The van der Waals surface area contributed by atoms with Crippen molar-refractivity contribution in [3.8, 4) is 0 Å². The fourth-order valence-corrected chi connectivity index (χ4v) is 1.50. The number of benzene rings is 1. The average Bonchev–Trinajstić information content (AvgIpc) is 2.29. The quantitative estimate of drug-likeness (QED) is 0.835. The number of halogens is 1. The molecule has 0 aliphatic rings. The number of anilines is 1. The predicted octanol–water partition coefficient (Wildman–Crippen LogP) is 2.32. The third-order valence-corrected chi connectivity index (χ3v) is 2.42. The first-order valence-corrected chi connectivity index (χ1v) is 5.75. The van der Waals surface area contributed by atoms with E-state index in [0.717, 1.165) is 11.3 Å². The van der Waals surface area contributed by atoms with Crippen LogP contribution >= 0.6 is 12.4 Å². The largest absolute Gasteiger partial charge is 0.380 e. The monoisotopic (exact) mass is 272 g/mol. The fourth-order valence-electron chi connectivity index (χ4n) is 1.50. The van der Waals surface area contributed by atoms with Crippen LogP contribution in [0.1, 0.15) is 25.3 Å². The molecule has 102 valence electrons. The summed E-state index contributed by atoms with van der Waals surface area (Å²) in [7, 11) is 1.63. The zero-order valence-corrected chi connectivity index (χ0v) is 11.6. The topological polar surface area (TPSA) is 64.3 Å². The normalized spacial score (nSPS) is 11.5. The van der Waals surface area contributed by atoms with E-state index in [9.17, 15) is 4.79 Å². The van der Waals surface area contributed by atoms with Crippen LogP contribution in [0.25, 0.3) is 0 Å². The lowest BCUT2D eigenvalue weighted by atomic mass is 10.1. The van der Waals surface area contributed by atoms with Crippen LogP contribution in [0.5, 0.6) is 0 Å². The molecule has 1 rings (SSSR count). The Morgan fingerprint density at radius 1 is 1.44 bits per heavy atom. The fraction of sp³-hybridized carbons (Fsp3) is 0.462. The number of nitrogens with two attached hydrogens (primary N) is 1. The minimum absolute atomic E-state index is 0. The van der Waals surface area contributed by atoms with Gasteiger partial charge in [-0.2, -0.15) is 0 Å². The van der Waals surface area contributed by atoms with E-state index in [0.29, 0.717) is 19.4 Å². The van der Waals surface area contributed by atoms with E-state index < -0.39 is 0 Å². The van der Waals surface area contributed by atoms with E-state index in [-0.39, 0.29) is 24.4 Å². The molecule has 1 aromatic rings. The van der Waals surface area contributed by atoms with Crippen molar-refractivity contribution < 1.29 is 9.53 Å². The highest BCUT2D eigenvalue weighted by Gasteiger charge is 2.07. The zero-order valence-electron chi connectivity index (χ0n) is 10.8. The molecule has 0 aliphatic carbocycles. The average molecular weight is 273 g/mol. The Morgan fingerprint density at radius 3 is 2.72 bits per heavy atom. The highest BCUT2D eigenvalue weighted by molar-refractivity contribution is 5.91. The van der Waals surface area contributed by atoms with Crippen molar-refractivity contribution in [3.63, 3.8) is 0 Å². The second-order valence-electron chi connectivity index (χ2n) is 4.15. The summed E-state index contributed by atoms with van der Waals surface area (Å²) in [5, 5.41) is 2.88. The van der Waals surface area contributed by atoms with Gasteiger partial charge in [0.25, 0.3) is 0 Å². The molecule has 5 heteroatoms. The predicted molar refractivity (Wildman–Crippen MR) is 75.9 cm³/mol. The first-order chi connectivity index (χ1) is 8.13. The van der Waals surface area contributed by atoms with E-state index in [4.69, 9.17) is 10.5 Å². The SMILES string of the molecule is COCc1ccccc1NC(=O)CCC(C)N.Cl. The van der Waals surface area contributed by atoms with Gasteiger partial charge in [0.1, 0.15) is 0 Å². The van der Waals surface area contributed by atoms with Gasteiger partial charge >= 0.3 is 0 Å². The van der Waals surface area contributed by atoms with Crippen molar-refractivity contribution >= 4 is 24.0 Å². The molecule has 4 nitrogen and oxygen atoms in total. The lowest BCUT2D eigenvalue weighted by molar-refractivity contribution is -0.116. The molecule has 1 atom stereocenters. The molecule has 0 aliphatic heterocycles. The summed E-state index contributed by atoms with van der Waals surface area (Å²) in [6.45, 7) is 2.38. The van der Waals surface area contributed by atoms with E-state index in [1.807, 2.05) is 31.2 Å². The summed E-state index contributed by atoms with van der Waals surface area (Å²) in [6.07, 6.45) is 1.14. The minimum atomic E-state index is -0.00847. The molecule has 0 spiro atoms. The number of para-hydroxylation sites is 1. The third-order valence-electron chi connectivity index (χ3n) is 2.42. The van der Waals surface area contributed by atoms with Gasteiger partial charge in [-0.05, 0) is 19.4 Å². The number of carbonyl (C=O) groups excluding carboxylic acids is 1. The molecule has 0 aromatic heterocycles. The second-order valence-corrected chi connectivity index (χ2v) is 4.15. The number of rotatable bonds is 6. The van der Waals surface area contributed by atoms with Crippen LogP contribution in [0, 0.1) is 0 Å². The van der Waals surface area contributed by atoms with Crippen LogP contribution in [0.3, 0.4) is 0 Å². The summed E-state index contributed by atoms with van der Waals surface area (Å²) in [5.41, 5.74) is 7.40. The van der Waals surface area contributed by atoms with Gasteiger partial charge in [0.2, 0.25) is 5.91 Å². The molecule has 0 heterocycles. The summed E-state index contributed by atoms with van der Waals surface area (Å²) in [5.74, 6) is -0.00847. The van der Waals surface area contributed by atoms with Crippen LogP contribution in [-0.4, -0.2) is 19.1 Å². The van der Waals surface area contributed by atoms with E-state index >= 15 is 0 Å². The van der Waals surface area contributed by atoms with Crippen LogP contribution in [0.2, 0.25) is 0 Å². The van der Waals surface area contributed by atoms with Crippen molar-refractivity contribution in [1.82, 2.24) is 0 Å². The number of ether oxygens (including phenoxy) is 1. The molecular weight excluding hydrogens is 252 g/mol. The van der Waals surface area contributed by atoms with Crippen LogP contribution in [0.4, 0.5) is 5.69 Å². The molecule has 18 heavy (non-hydrogen) atoms. The van der Waals surface area contributed by atoms with Gasteiger partial charge < -0.3 is 15.8 Å². The molecule has 3 N–H and O–H groups in total. The number of hydrogen-bond acceptors (Lipinski definition) is 3. The Kier molecular flexibility index (Phi) is 8.37. The van der Waals surface area contributed by atoms with Gasteiger partial charge in [0.05, 0.1) is 6.61 Å². The van der Waals surface area contributed by atoms with Crippen molar-refractivity contribution in [3.05, 3.63) is 29.8 Å². The lowest BCUT2D eigenvalue weighted by Gasteiger charge is -2.11. The van der Waals surface area contributed by atoms with Crippen molar-refractivity contribution in [2.45, 2.75) is 32.4 Å². The number of hydrogen-bond donors (Lipinski definition) is 2. The van der Waals surface area contributed by atoms with Crippen LogP contribution < -0.4 is 11.1 Å². The van der Waals surface area contributed by atoms with Crippen molar-refractivity contribution in [2.75, 3.05) is 12.4 Å². The minimum Gasteiger partial charge on any atom is -0.380 e. The Balaban J connectivity index is 0.00000289. The van der Waals surface area contributed by atoms with E-state index in [2.05, 4.69) is 5.32 Å². The third kappa shape index (κ3) is 6.00. The van der Waals surface area contributed by atoms with Gasteiger partial charge in [-0.25, -0.2) is 0 Å². The summed E-state index contributed by atoms with van der Waals surface area (Å²) in [6, 6.07) is 7.67. The molecule has 0 radical (unpaired) electrons. The Bertz CT molecular complexity index is 370. The molecule has 1 amide bonds. The van der Waals surface area contributed by atoms with Gasteiger partial charge in [0.15, 0.2) is 0 Å². The first-order valence-electron chi connectivity index (χ1n) is 5.75. The number of nitrogens with one attached hydrogen (secondary N) is 1. The number of methoxy groups -OCH3 is 1. The van der Waals surface area contributed by atoms with Crippen molar-refractivity contribution in [2.24, 2.45) is 5.73 Å². The molecule has 0 fully saturated rings. The highest BCUT2D eigenvalue weighted by Crippen LogP contribution is 2.16. The molecular formula is C13H21ClN2O2. The van der Waals surface area contributed by atoms with Gasteiger partial charge in [-0.3, -0.25) is 4.79 Å². The maximum Gasteiger partial charge on any atom is 0.224 e. The molecule has 0 saturated carbocycles. The molecule has 0 bridgehead atoms. The standard InChI is InChI=1S/C13H20N2O2.ClH/c1-10(14)7-8-13(16)15-12-6-4-3-5-11(12)9-17-2;/h3-6,10H,7-9,14H2,1-2H3,(H,15,16);1H. The Labute approximate surface area is 114 Å². The molecule has 1 aromatic carbocycles. The Morgan fingerprint density at radius 2 is 2.11 bits per heavy atom. The first kappa shape index (κ1) is 16.9. The summed E-state index contributed by atoms with van der Waals surface area (Å²) < 4.78 is 5.08. The number of carbonyl (C=O) groups is 1. The van der Waals surface area contributed by atoms with E-state index in [1.165, 1.54) is 0 Å². The zero-order chi connectivity index (χ0) is 12.7. The van der Waals surface area contributed by atoms with Gasteiger partial charge in [0, 0.05) is 30.8 Å². The maximum atomic E-state index is 11.7. The van der Waals surface area contributed by atoms with E-state index in [1.54, 1.807) is 7.11 Å². The maximum absolute atomic E-state index is 11.7.